The molecule has 0 aromatic heterocycles. The molecule has 19 heavy (non-hydrogen) atoms. The third-order valence-corrected chi connectivity index (χ3v) is 3.30. The van der Waals surface area contributed by atoms with Gasteiger partial charge in [-0.2, -0.15) is 0 Å². The summed E-state index contributed by atoms with van der Waals surface area (Å²) in [6.07, 6.45) is 1.60. The molecule has 0 aliphatic heterocycles. The molecule has 0 fully saturated rings. The molecule has 1 aromatic carbocycles. The third kappa shape index (κ3) is 4.04. The van der Waals surface area contributed by atoms with E-state index in [0.717, 1.165) is 25.1 Å². The van der Waals surface area contributed by atoms with Gasteiger partial charge in [-0.3, -0.25) is 10.1 Å². The number of nitrogens with one attached hydrogen (secondary N) is 1. The Labute approximate surface area is 116 Å². The first-order valence-corrected chi connectivity index (χ1v) is 6.78. The standard InChI is InChI=1S/C15H25N3O/c1-4-10-15(14(16)19,17-11-12-18(2)3)13-8-6-5-7-9-13/h5-9,17H,4,10-12H2,1-3H3,(H2,16,19). The normalized spacial score (nSPS) is 14.3. The summed E-state index contributed by atoms with van der Waals surface area (Å²) in [4.78, 5) is 14.1. The molecule has 4 nitrogen and oxygen atoms in total. The maximum Gasteiger partial charge on any atom is 0.242 e. The highest BCUT2D eigenvalue weighted by atomic mass is 16.1. The molecule has 1 aromatic rings. The van der Waals surface area contributed by atoms with E-state index in [1.54, 1.807) is 0 Å². The first-order valence-electron chi connectivity index (χ1n) is 6.78. The summed E-state index contributed by atoms with van der Waals surface area (Å²) in [5.74, 6) is -0.306. The van der Waals surface area contributed by atoms with Gasteiger partial charge < -0.3 is 10.6 Å². The Morgan fingerprint density at radius 3 is 2.42 bits per heavy atom. The Hall–Kier alpha value is -1.39. The van der Waals surface area contributed by atoms with Crippen LogP contribution in [-0.4, -0.2) is 38.0 Å². The Morgan fingerprint density at radius 2 is 1.95 bits per heavy atom. The van der Waals surface area contributed by atoms with Crippen LogP contribution in [0.5, 0.6) is 0 Å². The van der Waals surface area contributed by atoms with E-state index in [9.17, 15) is 4.79 Å². The molecular formula is C15H25N3O. The highest BCUT2D eigenvalue weighted by Crippen LogP contribution is 2.26. The summed E-state index contributed by atoms with van der Waals surface area (Å²) in [5, 5.41) is 3.37. The van der Waals surface area contributed by atoms with Crippen LogP contribution in [0, 0.1) is 0 Å². The molecular weight excluding hydrogens is 238 g/mol. The molecule has 1 unspecified atom stereocenters. The summed E-state index contributed by atoms with van der Waals surface area (Å²) in [7, 11) is 4.02. The molecule has 1 atom stereocenters. The molecule has 1 rings (SSSR count). The number of rotatable bonds is 8. The highest BCUT2D eigenvalue weighted by molar-refractivity contribution is 5.86. The lowest BCUT2D eigenvalue weighted by Crippen LogP contribution is -2.54. The van der Waals surface area contributed by atoms with Gasteiger partial charge >= 0.3 is 0 Å². The maximum absolute atomic E-state index is 12.0. The smallest absolute Gasteiger partial charge is 0.242 e. The fourth-order valence-corrected chi connectivity index (χ4v) is 2.28. The fraction of sp³-hybridized carbons (Fsp3) is 0.533. The van der Waals surface area contributed by atoms with Crippen LogP contribution in [0.2, 0.25) is 0 Å². The SMILES string of the molecule is CCCC(NCCN(C)C)(C(N)=O)c1ccccc1. The van der Waals surface area contributed by atoms with Gasteiger partial charge in [0.2, 0.25) is 5.91 Å². The molecule has 0 aliphatic carbocycles. The van der Waals surface area contributed by atoms with Gasteiger partial charge in [-0.15, -0.1) is 0 Å². The van der Waals surface area contributed by atoms with Crippen LogP contribution in [-0.2, 0) is 10.3 Å². The van der Waals surface area contributed by atoms with Crippen LogP contribution in [0.4, 0.5) is 0 Å². The second-order valence-corrected chi connectivity index (χ2v) is 5.12. The van der Waals surface area contributed by atoms with Crippen LogP contribution in [0.15, 0.2) is 30.3 Å². The lowest BCUT2D eigenvalue weighted by atomic mass is 9.84. The van der Waals surface area contributed by atoms with Crippen molar-refractivity contribution in [3.63, 3.8) is 0 Å². The van der Waals surface area contributed by atoms with Gasteiger partial charge in [0.25, 0.3) is 0 Å². The molecule has 106 valence electrons. The summed E-state index contributed by atoms with van der Waals surface area (Å²) >= 11 is 0. The summed E-state index contributed by atoms with van der Waals surface area (Å²) in [6.45, 7) is 3.66. The van der Waals surface area contributed by atoms with E-state index in [-0.39, 0.29) is 5.91 Å². The van der Waals surface area contributed by atoms with Crippen molar-refractivity contribution in [3.05, 3.63) is 35.9 Å². The second kappa shape index (κ2) is 7.26. The number of nitrogens with zero attached hydrogens (tertiary/aromatic N) is 1. The second-order valence-electron chi connectivity index (χ2n) is 5.12. The Bertz CT molecular complexity index is 392. The quantitative estimate of drug-likeness (QED) is 0.743. The zero-order chi connectivity index (χ0) is 14.3. The molecule has 0 bridgehead atoms. The largest absolute Gasteiger partial charge is 0.368 e. The van der Waals surface area contributed by atoms with E-state index in [0.29, 0.717) is 6.42 Å². The lowest BCUT2D eigenvalue weighted by molar-refractivity contribution is -0.125. The van der Waals surface area contributed by atoms with Crippen LogP contribution in [0.25, 0.3) is 0 Å². The van der Waals surface area contributed by atoms with Crippen molar-refractivity contribution in [2.75, 3.05) is 27.2 Å². The van der Waals surface area contributed by atoms with Gasteiger partial charge in [0.1, 0.15) is 5.54 Å². The van der Waals surface area contributed by atoms with Gasteiger partial charge in [-0.1, -0.05) is 43.7 Å². The van der Waals surface area contributed by atoms with Crippen LogP contribution in [0.3, 0.4) is 0 Å². The molecule has 4 heteroatoms. The number of carbonyl (C=O) groups excluding carboxylic acids is 1. The first kappa shape index (κ1) is 15.7. The number of hydrogen-bond donors (Lipinski definition) is 2. The van der Waals surface area contributed by atoms with Crippen molar-refractivity contribution in [1.82, 2.24) is 10.2 Å². The van der Waals surface area contributed by atoms with Crippen molar-refractivity contribution >= 4 is 5.91 Å². The van der Waals surface area contributed by atoms with Crippen molar-refractivity contribution in [2.45, 2.75) is 25.3 Å². The van der Waals surface area contributed by atoms with Crippen molar-refractivity contribution < 1.29 is 4.79 Å². The first-order chi connectivity index (χ1) is 9.03. The summed E-state index contributed by atoms with van der Waals surface area (Å²) in [6, 6.07) is 9.75. The molecule has 0 saturated carbocycles. The van der Waals surface area contributed by atoms with Crippen LogP contribution < -0.4 is 11.1 Å². The predicted octanol–water partition coefficient (Wildman–Crippen LogP) is 1.32. The minimum absolute atomic E-state index is 0.306. The molecule has 0 aliphatic rings. The Kier molecular flexibility index (Phi) is 5.99. The summed E-state index contributed by atoms with van der Waals surface area (Å²) in [5.41, 5.74) is 5.88. The predicted molar refractivity (Wildman–Crippen MR) is 78.8 cm³/mol. The fourth-order valence-electron chi connectivity index (χ4n) is 2.28. The van der Waals surface area contributed by atoms with E-state index in [2.05, 4.69) is 17.1 Å². The van der Waals surface area contributed by atoms with E-state index in [1.165, 1.54) is 0 Å². The molecule has 0 radical (unpaired) electrons. The van der Waals surface area contributed by atoms with Crippen LogP contribution >= 0.6 is 0 Å². The zero-order valence-electron chi connectivity index (χ0n) is 12.1. The number of carbonyl (C=O) groups is 1. The van der Waals surface area contributed by atoms with Crippen LogP contribution in [0.1, 0.15) is 25.3 Å². The molecule has 0 heterocycles. The molecule has 1 amide bonds. The number of nitrogens with two attached hydrogens (primary N) is 1. The molecule has 0 saturated heterocycles. The Balaban J connectivity index is 2.97. The van der Waals surface area contributed by atoms with Crippen molar-refractivity contribution in [3.8, 4) is 0 Å². The lowest BCUT2D eigenvalue weighted by Gasteiger charge is -2.32. The number of amides is 1. The van der Waals surface area contributed by atoms with Gasteiger partial charge in [-0.05, 0) is 26.1 Å². The highest BCUT2D eigenvalue weighted by Gasteiger charge is 2.36. The van der Waals surface area contributed by atoms with Crippen molar-refractivity contribution in [2.24, 2.45) is 5.73 Å². The van der Waals surface area contributed by atoms with Crippen molar-refractivity contribution in [1.29, 1.82) is 0 Å². The average molecular weight is 263 g/mol. The number of primary amides is 1. The van der Waals surface area contributed by atoms with E-state index >= 15 is 0 Å². The van der Waals surface area contributed by atoms with Gasteiger partial charge in [-0.25, -0.2) is 0 Å². The monoisotopic (exact) mass is 263 g/mol. The zero-order valence-corrected chi connectivity index (χ0v) is 12.1. The average Bonchev–Trinajstić information content (AvgIpc) is 2.38. The third-order valence-electron chi connectivity index (χ3n) is 3.30. The van der Waals surface area contributed by atoms with E-state index < -0.39 is 5.54 Å². The van der Waals surface area contributed by atoms with Gasteiger partial charge in [0, 0.05) is 13.1 Å². The summed E-state index contributed by atoms with van der Waals surface area (Å²) < 4.78 is 0. The minimum Gasteiger partial charge on any atom is -0.368 e. The topological polar surface area (TPSA) is 58.4 Å². The maximum atomic E-state index is 12.0. The number of hydrogen-bond acceptors (Lipinski definition) is 3. The van der Waals surface area contributed by atoms with Gasteiger partial charge in [0.05, 0.1) is 0 Å². The van der Waals surface area contributed by atoms with Gasteiger partial charge in [0.15, 0.2) is 0 Å². The molecule has 3 N–H and O–H groups in total. The Morgan fingerprint density at radius 1 is 1.32 bits per heavy atom. The minimum atomic E-state index is -0.758. The number of benzene rings is 1. The van der Waals surface area contributed by atoms with E-state index in [4.69, 9.17) is 5.73 Å². The van der Waals surface area contributed by atoms with E-state index in [1.807, 2.05) is 44.4 Å². The number of likely N-dealkylation sites (N-methyl/N-ethyl adjacent to an activating group) is 1. The molecule has 0 spiro atoms.